The number of pyridine rings is 2. The van der Waals surface area contributed by atoms with E-state index in [2.05, 4.69) is 25.4 Å². The van der Waals surface area contributed by atoms with Gasteiger partial charge in [-0.25, -0.2) is 14.6 Å². The Kier molecular flexibility index (Phi) is 3.14. The van der Waals surface area contributed by atoms with Gasteiger partial charge in [0.25, 0.3) is 0 Å². The van der Waals surface area contributed by atoms with Crippen molar-refractivity contribution in [3.05, 3.63) is 61.1 Å². The molecule has 94 valence electrons. The van der Waals surface area contributed by atoms with Crippen molar-refractivity contribution in [3.63, 3.8) is 0 Å². The molecule has 3 rings (SSSR count). The first-order valence-corrected chi connectivity index (χ1v) is 5.86. The summed E-state index contributed by atoms with van der Waals surface area (Å²) in [6.45, 7) is 0.682. The molecule has 0 aliphatic rings. The zero-order valence-corrected chi connectivity index (χ0v) is 10.1. The molecule has 0 atom stereocenters. The van der Waals surface area contributed by atoms with E-state index in [0.717, 1.165) is 17.1 Å². The molecule has 0 aliphatic carbocycles. The fourth-order valence-electron chi connectivity index (χ4n) is 1.74. The van der Waals surface area contributed by atoms with Crippen LogP contribution in [0, 0.1) is 0 Å². The van der Waals surface area contributed by atoms with Crippen molar-refractivity contribution < 1.29 is 0 Å². The van der Waals surface area contributed by atoms with Gasteiger partial charge in [0.2, 0.25) is 0 Å². The van der Waals surface area contributed by atoms with Crippen molar-refractivity contribution in [1.82, 2.24) is 24.7 Å². The molecule has 6 nitrogen and oxygen atoms in total. The normalized spacial score (nSPS) is 10.3. The summed E-state index contributed by atoms with van der Waals surface area (Å²) >= 11 is 0. The molecule has 3 aromatic heterocycles. The van der Waals surface area contributed by atoms with Gasteiger partial charge in [-0.3, -0.25) is 4.98 Å². The van der Waals surface area contributed by atoms with Crippen LogP contribution < -0.4 is 5.32 Å². The van der Waals surface area contributed by atoms with Gasteiger partial charge in [-0.2, -0.15) is 5.10 Å². The molecule has 3 aromatic rings. The summed E-state index contributed by atoms with van der Waals surface area (Å²) in [7, 11) is 0. The summed E-state index contributed by atoms with van der Waals surface area (Å²) in [6, 6.07) is 7.77. The van der Waals surface area contributed by atoms with Crippen LogP contribution in [0.3, 0.4) is 0 Å². The van der Waals surface area contributed by atoms with Crippen LogP contribution in [0.15, 0.2) is 55.5 Å². The molecule has 0 unspecified atom stereocenters. The van der Waals surface area contributed by atoms with Crippen molar-refractivity contribution in [3.8, 4) is 5.82 Å². The van der Waals surface area contributed by atoms with Crippen LogP contribution in [-0.2, 0) is 6.54 Å². The molecular formula is C13H12N6. The first-order chi connectivity index (χ1) is 9.43. The minimum atomic E-state index is 0.682. The lowest BCUT2D eigenvalue weighted by Gasteiger charge is -2.10. The Morgan fingerprint density at radius 3 is 2.84 bits per heavy atom. The summed E-state index contributed by atoms with van der Waals surface area (Å²) in [4.78, 5) is 12.3. The van der Waals surface area contributed by atoms with Crippen molar-refractivity contribution in [2.24, 2.45) is 0 Å². The molecule has 3 heterocycles. The van der Waals surface area contributed by atoms with Crippen LogP contribution in [0.5, 0.6) is 0 Å². The summed E-state index contributed by atoms with van der Waals surface area (Å²) in [5, 5.41) is 7.42. The lowest BCUT2D eigenvalue weighted by Crippen LogP contribution is -2.06. The third kappa shape index (κ3) is 2.57. The maximum absolute atomic E-state index is 4.32. The predicted octanol–water partition coefficient (Wildman–Crippen LogP) is 1.67. The van der Waals surface area contributed by atoms with Crippen LogP contribution >= 0.6 is 0 Å². The number of rotatable bonds is 4. The molecule has 0 radical (unpaired) electrons. The van der Waals surface area contributed by atoms with Gasteiger partial charge in [0.05, 0.1) is 5.69 Å². The SMILES string of the molecule is c1cncc(CNc2cccnc2-n2cncn2)c1. The second-order valence-electron chi connectivity index (χ2n) is 3.93. The zero-order valence-electron chi connectivity index (χ0n) is 10.1. The number of anilines is 1. The molecule has 0 bridgehead atoms. The van der Waals surface area contributed by atoms with Crippen molar-refractivity contribution in [2.45, 2.75) is 6.54 Å². The monoisotopic (exact) mass is 252 g/mol. The van der Waals surface area contributed by atoms with Crippen LogP contribution in [0.2, 0.25) is 0 Å². The molecule has 0 aliphatic heterocycles. The minimum Gasteiger partial charge on any atom is -0.378 e. The van der Waals surface area contributed by atoms with E-state index in [1.807, 2.05) is 30.5 Å². The summed E-state index contributed by atoms with van der Waals surface area (Å²) < 4.78 is 1.63. The van der Waals surface area contributed by atoms with Gasteiger partial charge >= 0.3 is 0 Å². The van der Waals surface area contributed by atoms with Crippen LogP contribution in [0.1, 0.15) is 5.56 Å². The van der Waals surface area contributed by atoms with Crippen molar-refractivity contribution in [1.29, 1.82) is 0 Å². The molecule has 0 aromatic carbocycles. The maximum atomic E-state index is 4.32. The highest BCUT2D eigenvalue weighted by Gasteiger charge is 2.05. The van der Waals surface area contributed by atoms with Gasteiger partial charge < -0.3 is 5.32 Å². The average molecular weight is 252 g/mol. The fraction of sp³-hybridized carbons (Fsp3) is 0.0769. The van der Waals surface area contributed by atoms with E-state index in [-0.39, 0.29) is 0 Å². The van der Waals surface area contributed by atoms with Crippen molar-refractivity contribution >= 4 is 5.69 Å². The van der Waals surface area contributed by atoms with E-state index in [0.29, 0.717) is 6.54 Å². The van der Waals surface area contributed by atoms with Crippen molar-refractivity contribution in [2.75, 3.05) is 5.32 Å². The molecule has 0 fully saturated rings. The number of nitrogens with one attached hydrogen (secondary N) is 1. The molecule has 0 saturated heterocycles. The first-order valence-electron chi connectivity index (χ1n) is 5.86. The standard InChI is InChI=1S/C13H12N6/c1-3-11(7-14-5-1)8-17-12-4-2-6-16-13(12)19-10-15-9-18-19/h1-7,9-10,17H,8H2. The first kappa shape index (κ1) is 11.3. The lowest BCUT2D eigenvalue weighted by molar-refractivity contribution is 0.844. The van der Waals surface area contributed by atoms with E-state index in [4.69, 9.17) is 0 Å². The molecule has 0 amide bonds. The maximum Gasteiger partial charge on any atom is 0.178 e. The van der Waals surface area contributed by atoms with Gasteiger partial charge in [-0.05, 0) is 23.8 Å². The Bertz CT molecular complexity index is 635. The number of hydrogen-bond acceptors (Lipinski definition) is 5. The van der Waals surface area contributed by atoms with Crippen LogP contribution in [0.4, 0.5) is 5.69 Å². The van der Waals surface area contributed by atoms with Gasteiger partial charge in [-0.15, -0.1) is 0 Å². The fourth-order valence-corrected chi connectivity index (χ4v) is 1.74. The van der Waals surface area contributed by atoms with Gasteiger partial charge in [0.15, 0.2) is 5.82 Å². The Hall–Kier alpha value is -2.76. The minimum absolute atomic E-state index is 0.682. The second-order valence-corrected chi connectivity index (χ2v) is 3.93. The van der Waals surface area contributed by atoms with E-state index >= 15 is 0 Å². The Morgan fingerprint density at radius 2 is 2.05 bits per heavy atom. The van der Waals surface area contributed by atoms with Gasteiger partial charge in [0, 0.05) is 25.1 Å². The average Bonchev–Trinajstić information content (AvgIpc) is 3.01. The Labute approximate surface area is 110 Å². The highest BCUT2D eigenvalue weighted by molar-refractivity contribution is 5.56. The molecule has 1 N–H and O–H groups in total. The quantitative estimate of drug-likeness (QED) is 0.765. The van der Waals surface area contributed by atoms with E-state index in [9.17, 15) is 0 Å². The Balaban J connectivity index is 1.82. The van der Waals surface area contributed by atoms with E-state index in [1.165, 1.54) is 6.33 Å². The van der Waals surface area contributed by atoms with Gasteiger partial charge in [-0.1, -0.05) is 6.07 Å². The summed E-state index contributed by atoms with van der Waals surface area (Å²) in [5.74, 6) is 0.726. The van der Waals surface area contributed by atoms with Gasteiger partial charge in [0.1, 0.15) is 12.7 Å². The Morgan fingerprint density at radius 1 is 1.11 bits per heavy atom. The molecule has 0 spiro atoms. The molecular weight excluding hydrogens is 240 g/mol. The largest absolute Gasteiger partial charge is 0.378 e. The molecule has 19 heavy (non-hydrogen) atoms. The van der Waals surface area contributed by atoms with E-state index < -0.39 is 0 Å². The second kappa shape index (κ2) is 5.26. The smallest absolute Gasteiger partial charge is 0.178 e. The number of nitrogens with zero attached hydrogens (tertiary/aromatic N) is 5. The highest BCUT2D eigenvalue weighted by Crippen LogP contribution is 2.16. The van der Waals surface area contributed by atoms with Crippen LogP contribution in [0.25, 0.3) is 5.82 Å². The molecule has 6 heteroatoms. The van der Waals surface area contributed by atoms with E-state index in [1.54, 1.807) is 23.4 Å². The topological polar surface area (TPSA) is 68.5 Å². The third-order valence-electron chi connectivity index (χ3n) is 2.63. The summed E-state index contributed by atoms with van der Waals surface area (Å²) in [5.41, 5.74) is 2.01. The third-order valence-corrected chi connectivity index (χ3v) is 2.63. The molecule has 0 saturated carbocycles. The number of hydrogen-bond donors (Lipinski definition) is 1. The predicted molar refractivity (Wildman–Crippen MR) is 70.7 cm³/mol. The van der Waals surface area contributed by atoms with Crippen LogP contribution in [-0.4, -0.2) is 24.7 Å². The zero-order chi connectivity index (χ0) is 12.9. The lowest BCUT2D eigenvalue weighted by atomic mass is 10.3. The summed E-state index contributed by atoms with van der Waals surface area (Å²) in [6.07, 6.45) is 8.43. The number of aromatic nitrogens is 5. The highest BCUT2D eigenvalue weighted by atomic mass is 15.3.